The lowest BCUT2D eigenvalue weighted by molar-refractivity contribution is 0.232. The zero-order chi connectivity index (χ0) is 15.9. The highest BCUT2D eigenvalue weighted by molar-refractivity contribution is 5.79. The average molecular weight is 307 g/mol. The number of aromatic nitrogens is 3. The summed E-state index contributed by atoms with van der Waals surface area (Å²) in [5.74, 6) is 1.81. The van der Waals surface area contributed by atoms with Crippen molar-refractivity contribution < 1.29 is 0 Å². The first-order valence-electron chi connectivity index (χ1n) is 8.22. The molecule has 7 heteroatoms. The molecule has 1 atom stereocenters. The van der Waals surface area contributed by atoms with E-state index in [1.54, 1.807) is 11.0 Å². The van der Waals surface area contributed by atoms with E-state index in [2.05, 4.69) is 46.1 Å². The van der Waals surface area contributed by atoms with E-state index in [1.165, 1.54) is 19.4 Å². The third kappa shape index (κ3) is 4.19. The molecular weight excluding hydrogens is 278 g/mol. The summed E-state index contributed by atoms with van der Waals surface area (Å²) in [6.07, 6.45) is 4.15. The van der Waals surface area contributed by atoms with E-state index < -0.39 is 0 Å². The van der Waals surface area contributed by atoms with Gasteiger partial charge in [-0.2, -0.15) is 5.10 Å². The molecule has 0 amide bonds. The van der Waals surface area contributed by atoms with Gasteiger partial charge in [-0.25, -0.2) is 9.98 Å². The van der Waals surface area contributed by atoms with Gasteiger partial charge in [-0.3, -0.25) is 9.58 Å². The maximum Gasteiger partial charge on any atom is 0.194 e. The van der Waals surface area contributed by atoms with Crippen LogP contribution < -0.4 is 5.32 Å². The van der Waals surface area contributed by atoms with Crippen molar-refractivity contribution in [1.29, 1.82) is 0 Å². The van der Waals surface area contributed by atoms with Gasteiger partial charge in [0.1, 0.15) is 18.7 Å². The van der Waals surface area contributed by atoms with Crippen LogP contribution in [0.3, 0.4) is 0 Å². The summed E-state index contributed by atoms with van der Waals surface area (Å²) >= 11 is 0. The Labute approximate surface area is 133 Å². The standard InChI is InChI=1S/C15H29N7/c1-5-16-15(17-10-14-18-12-19-21(14)4)20(3)11-13-8-7-9-22(13)6-2/h12-13H,5-11H2,1-4H3,(H,16,17). The molecule has 1 fully saturated rings. The van der Waals surface area contributed by atoms with Crippen molar-refractivity contribution in [3.05, 3.63) is 12.2 Å². The predicted molar refractivity (Wildman–Crippen MR) is 88.7 cm³/mol. The lowest BCUT2D eigenvalue weighted by atomic mass is 10.2. The maximum absolute atomic E-state index is 4.70. The first kappa shape index (κ1) is 16.7. The minimum Gasteiger partial charge on any atom is -0.357 e. The second kappa shape index (κ2) is 8.12. The first-order valence-corrected chi connectivity index (χ1v) is 8.22. The summed E-state index contributed by atoms with van der Waals surface area (Å²) in [7, 11) is 4.01. The topological polar surface area (TPSA) is 61.6 Å². The fraction of sp³-hybridized carbons (Fsp3) is 0.800. The molecule has 0 radical (unpaired) electrons. The number of likely N-dealkylation sites (tertiary alicyclic amines) is 1. The van der Waals surface area contributed by atoms with Gasteiger partial charge >= 0.3 is 0 Å². The summed E-state index contributed by atoms with van der Waals surface area (Å²) in [4.78, 5) is 13.7. The van der Waals surface area contributed by atoms with E-state index >= 15 is 0 Å². The van der Waals surface area contributed by atoms with Crippen LogP contribution in [0.1, 0.15) is 32.5 Å². The number of aryl methyl sites for hydroxylation is 1. The Morgan fingerprint density at radius 2 is 2.32 bits per heavy atom. The van der Waals surface area contributed by atoms with Crippen LogP contribution >= 0.6 is 0 Å². The zero-order valence-electron chi connectivity index (χ0n) is 14.3. The van der Waals surface area contributed by atoms with E-state index in [9.17, 15) is 0 Å². The molecule has 0 bridgehead atoms. The molecule has 1 aromatic rings. The quantitative estimate of drug-likeness (QED) is 0.619. The molecule has 7 nitrogen and oxygen atoms in total. The van der Waals surface area contributed by atoms with Gasteiger partial charge in [0, 0.05) is 33.2 Å². The lowest BCUT2D eigenvalue weighted by Crippen LogP contribution is -2.46. The highest BCUT2D eigenvalue weighted by Gasteiger charge is 2.24. The molecule has 1 saturated heterocycles. The van der Waals surface area contributed by atoms with E-state index in [1.807, 2.05) is 7.05 Å². The smallest absolute Gasteiger partial charge is 0.194 e. The zero-order valence-corrected chi connectivity index (χ0v) is 14.3. The largest absolute Gasteiger partial charge is 0.357 e. The number of nitrogens with one attached hydrogen (secondary N) is 1. The fourth-order valence-electron chi connectivity index (χ4n) is 3.00. The fourth-order valence-corrected chi connectivity index (χ4v) is 3.00. The molecule has 1 N–H and O–H groups in total. The third-order valence-electron chi connectivity index (χ3n) is 4.26. The van der Waals surface area contributed by atoms with Crippen LogP contribution in [0.15, 0.2) is 11.3 Å². The van der Waals surface area contributed by atoms with E-state index in [-0.39, 0.29) is 0 Å². The highest BCUT2D eigenvalue weighted by atomic mass is 15.3. The van der Waals surface area contributed by atoms with Crippen LogP contribution in [0.2, 0.25) is 0 Å². The Morgan fingerprint density at radius 1 is 1.50 bits per heavy atom. The van der Waals surface area contributed by atoms with Gasteiger partial charge in [0.2, 0.25) is 0 Å². The number of guanidine groups is 1. The lowest BCUT2D eigenvalue weighted by Gasteiger charge is -2.29. The summed E-state index contributed by atoms with van der Waals surface area (Å²) in [6, 6.07) is 0.633. The molecule has 2 rings (SSSR count). The van der Waals surface area contributed by atoms with Gasteiger partial charge in [0.15, 0.2) is 5.96 Å². The second-order valence-electron chi connectivity index (χ2n) is 5.78. The van der Waals surface area contributed by atoms with Crippen molar-refractivity contribution in [2.45, 2.75) is 39.3 Å². The third-order valence-corrected chi connectivity index (χ3v) is 4.26. The predicted octanol–water partition coefficient (Wildman–Crippen LogP) is 0.697. The number of likely N-dealkylation sites (N-methyl/N-ethyl adjacent to an activating group) is 2. The van der Waals surface area contributed by atoms with Gasteiger partial charge in [-0.05, 0) is 32.9 Å². The summed E-state index contributed by atoms with van der Waals surface area (Å²) in [6.45, 7) is 9.12. The van der Waals surface area contributed by atoms with Crippen molar-refractivity contribution in [3.63, 3.8) is 0 Å². The van der Waals surface area contributed by atoms with Crippen LogP contribution in [0.5, 0.6) is 0 Å². The Morgan fingerprint density at radius 3 is 2.95 bits per heavy atom. The van der Waals surface area contributed by atoms with Gasteiger partial charge in [-0.15, -0.1) is 0 Å². The number of hydrogen-bond donors (Lipinski definition) is 1. The van der Waals surface area contributed by atoms with E-state index in [0.29, 0.717) is 12.6 Å². The van der Waals surface area contributed by atoms with E-state index in [0.717, 1.165) is 31.4 Å². The van der Waals surface area contributed by atoms with Crippen molar-refractivity contribution in [1.82, 2.24) is 29.9 Å². The monoisotopic (exact) mass is 307 g/mol. The average Bonchev–Trinajstić information content (AvgIpc) is 3.12. The molecule has 1 aliphatic rings. The van der Waals surface area contributed by atoms with Crippen LogP contribution in [0, 0.1) is 0 Å². The molecule has 0 saturated carbocycles. The minimum atomic E-state index is 0.547. The maximum atomic E-state index is 4.70. The van der Waals surface area contributed by atoms with Gasteiger partial charge in [0.05, 0.1) is 0 Å². The van der Waals surface area contributed by atoms with Gasteiger partial charge in [-0.1, -0.05) is 6.92 Å². The highest BCUT2D eigenvalue weighted by Crippen LogP contribution is 2.17. The van der Waals surface area contributed by atoms with Crippen LogP contribution in [0.25, 0.3) is 0 Å². The number of aliphatic imine (C=N–C) groups is 1. The van der Waals surface area contributed by atoms with Crippen LogP contribution in [0.4, 0.5) is 0 Å². The normalized spacial score (nSPS) is 19.6. The van der Waals surface area contributed by atoms with Gasteiger partial charge in [0.25, 0.3) is 0 Å². The molecule has 1 unspecified atom stereocenters. The number of nitrogens with zero attached hydrogens (tertiary/aromatic N) is 6. The SMILES string of the molecule is CCNC(=NCc1ncnn1C)N(C)CC1CCCN1CC. The molecule has 0 spiro atoms. The van der Waals surface area contributed by atoms with Crippen molar-refractivity contribution in [2.24, 2.45) is 12.0 Å². The van der Waals surface area contributed by atoms with E-state index in [4.69, 9.17) is 4.99 Å². The molecule has 124 valence electrons. The molecule has 1 aliphatic heterocycles. The molecule has 0 aliphatic carbocycles. The number of rotatable bonds is 6. The summed E-state index contributed by atoms with van der Waals surface area (Å²) in [5.41, 5.74) is 0. The summed E-state index contributed by atoms with van der Waals surface area (Å²) in [5, 5.41) is 7.46. The minimum absolute atomic E-state index is 0.547. The molecule has 2 heterocycles. The number of hydrogen-bond acceptors (Lipinski definition) is 4. The van der Waals surface area contributed by atoms with Crippen molar-refractivity contribution in [3.8, 4) is 0 Å². The Hall–Kier alpha value is -1.63. The summed E-state index contributed by atoms with van der Waals surface area (Å²) < 4.78 is 1.77. The van der Waals surface area contributed by atoms with Crippen molar-refractivity contribution >= 4 is 5.96 Å². The van der Waals surface area contributed by atoms with Crippen LogP contribution in [-0.4, -0.2) is 69.8 Å². The second-order valence-corrected chi connectivity index (χ2v) is 5.78. The Kier molecular flexibility index (Phi) is 6.18. The molecule has 22 heavy (non-hydrogen) atoms. The molecule has 0 aromatic carbocycles. The van der Waals surface area contributed by atoms with Gasteiger partial charge < -0.3 is 10.2 Å². The van der Waals surface area contributed by atoms with Crippen LogP contribution in [-0.2, 0) is 13.6 Å². The Bertz CT molecular complexity index is 482. The van der Waals surface area contributed by atoms with Crippen molar-refractivity contribution in [2.75, 3.05) is 33.2 Å². The first-order chi connectivity index (χ1) is 10.7. The molecule has 1 aromatic heterocycles. The Balaban J connectivity index is 1.98. The molecular formula is C15H29N7.